The van der Waals surface area contributed by atoms with Gasteiger partial charge in [-0.05, 0) is 37.3 Å². The van der Waals surface area contributed by atoms with Crippen LogP contribution in [0.2, 0.25) is 5.02 Å². The molecule has 0 spiro atoms. The molecule has 0 atom stereocenters. The normalized spacial score (nSPS) is 16.2. The predicted octanol–water partition coefficient (Wildman–Crippen LogP) is 3.16. The fourth-order valence-corrected chi connectivity index (χ4v) is 3.62. The number of carbonyl (C=O) groups excluding carboxylic acids is 1. The first-order valence-corrected chi connectivity index (χ1v) is 9.44. The molecule has 0 unspecified atom stereocenters. The molecule has 1 aliphatic heterocycles. The average Bonchev–Trinajstić information content (AvgIpc) is 2.88. The zero-order valence-corrected chi connectivity index (χ0v) is 14.5. The summed E-state index contributed by atoms with van der Waals surface area (Å²) in [6.45, 7) is 1.36. The molecule has 124 valence electrons. The van der Waals surface area contributed by atoms with E-state index < -0.39 is 0 Å². The van der Waals surface area contributed by atoms with Crippen LogP contribution >= 0.6 is 23.4 Å². The van der Waals surface area contributed by atoms with Crippen LogP contribution in [0.25, 0.3) is 11.1 Å². The summed E-state index contributed by atoms with van der Waals surface area (Å²) in [5.41, 5.74) is 1.28. The quantitative estimate of drug-likeness (QED) is 0.846. The third-order valence-corrected chi connectivity index (χ3v) is 5.12. The number of likely N-dealkylation sites (tertiary alicyclic amines) is 1. The maximum absolute atomic E-state index is 12.2. The molecule has 0 aliphatic carbocycles. The maximum Gasteiger partial charge on any atom is 0.420 e. The number of oxazole rings is 1. The van der Waals surface area contributed by atoms with Crippen molar-refractivity contribution in [3.8, 4) is 0 Å². The van der Waals surface area contributed by atoms with Gasteiger partial charge in [0.2, 0.25) is 5.91 Å². The molecule has 0 radical (unpaired) electrons. The van der Waals surface area contributed by atoms with Crippen LogP contribution in [0.3, 0.4) is 0 Å². The number of hydrogen-bond acceptors (Lipinski definition) is 4. The van der Waals surface area contributed by atoms with E-state index in [0.717, 1.165) is 24.1 Å². The first-order chi connectivity index (χ1) is 11.1. The molecule has 1 saturated heterocycles. The third-order valence-electron chi connectivity index (χ3n) is 4.28. The first kappa shape index (κ1) is 16.5. The van der Waals surface area contributed by atoms with Crippen LogP contribution in [-0.4, -0.2) is 40.5 Å². The van der Waals surface area contributed by atoms with Crippen molar-refractivity contribution in [3.05, 3.63) is 33.8 Å². The molecule has 2 heterocycles. The highest BCUT2D eigenvalue weighted by Gasteiger charge is 2.26. The monoisotopic (exact) mass is 354 g/mol. The van der Waals surface area contributed by atoms with E-state index in [9.17, 15) is 9.59 Å². The van der Waals surface area contributed by atoms with E-state index in [0.29, 0.717) is 30.1 Å². The Morgan fingerprint density at radius 3 is 2.83 bits per heavy atom. The zero-order chi connectivity index (χ0) is 16.4. The highest BCUT2D eigenvalue weighted by atomic mass is 35.5. The molecule has 1 aliphatic rings. The van der Waals surface area contributed by atoms with Gasteiger partial charge in [0, 0.05) is 36.3 Å². The predicted molar refractivity (Wildman–Crippen MR) is 93.3 cm³/mol. The summed E-state index contributed by atoms with van der Waals surface area (Å²) in [5, 5.41) is 0.580. The Kier molecular flexibility index (Phi) is 5.02. The van der Waals surface area contributed by atoms with Crippen LogP contribution in [0.15, 0.2) is 27.4 Å². The summed E-state index contributed by atoms with van der Waals surface area (Å²) >= 11 is 7.72. The molecule has 1 aromatic heterocycles. The van der Waals surface area contributed by atoms with Gasteiger partial charge in [0.15, 0.2) is 5.58 Å². The van der Waals surface area contributed by atoms with Crippen molar-refractivity contribution in [2.45, 2.75) is 25.3 Å². The molecule has 2 aromatic rings. The lowest BCUT2D eigenvalue weighted by Gasteiger charge is -2.32. The van der Waals surface area contributed by atoms with Gasteiger partial charge in [0.05, 0.1) is 5.52 Å². The van der Waals surface area contributed by atoms with E-state index >= 15 is 0 Å². The summed E-state index contributed by atoms with van der Waals surface area (Å²) in [4.78, 5) is 26.2. The van der Waals surface area contributed by atoms with E-state index in [1.165, 1.54) is 0 Å². The van der Waals surface area contributed by atoms with Gasteiger partial charge in [-0.2, -0.15) is 11.8 Å². The smallest absolute Gasteiger partial charge is 0.408 e. The van der Waals surface area contributed by atoms with Gasteiger partial charge >= 0.3 is 5.76 Å². The molecule has 23 heavy (non-hydrogen) atoms. The van der Waals surface area contributed by atoms with Crippen molar-refractivity contribution >= 4 is 40.4 Å². The Morgan fingerprint density at radius 1 is 1.39 bits per heavy atom. The second-order valence-corrected chi connectivity index (χ2v) is 7.13. The minimum atomic E-state index is -0.352. The van der Waals surface area contributed by atoms with Gasteiger partial charge in [-0.3, -0.25) is 9.36 Å². The Hall–Kier alpha value is -1.40. The second-order valence-electron chi connectivity index (χ2n) is 5.70. The highest BCUT2D eigenvalue weighted by Crippen LogP contribution is 2.27. The number of carbonyl (C=O) groups is 1. The van der Waals surface area contributed by atoms with E-state index in [4.69, 9.17) is 16.0 Å². The summed E-state index contributed by atoms with van der Waals surface area (Å²) in [5.74, 6) is 0.697. The molecular weight excluding hydrogens is 336 g/mol. The number of rotatable bonds is 4. The molecule has 0 N–H and O–H groups in total. The number of nitrogens with zero attached hydrogens (tertiary/aromatic N) is 2. The summed E-state index contributed by atoms with van der Waals surface area (Å²) in [6.07, 6.45) is 4.09. The SMILES string of the molecule is CSCCC(=O)N1CCC(n2c(=O)oc3ccc(Cl)cc32)CC1. The van der Waals surface area contributed by atoms with Gasteiger partial charge in [0.25, 0.3) is 0 Å². The molecule has 5 nitrogen and oxygen atoms in total. The number of benzene rings is 1. The van der Waals surface area contributed by atoms with Crippen molar-refractivity contribution in [1.29, 1.82) is 0 Å². The van der Waals surface area contributed by atoms with E-state index in [2.05, 4.69) is 0 Å². The van der Waals surface area contributed by atoms with Gasteiger partial charge in [-0.25, -0.2) is 4.79 Å². The zero-order valence-electron chi connectivity index (χ0n) is 13.0. The molecule has 0 bridgehead atoms. The van der Waals surface area contributed by atoms with Crippen LogP contribution in [0.4, 0.5) is 0 Å². The molecule has 1 aromatic carbocycles. The van der Waals surface area contributed by atoms with Crippen LogP contribution in [0.5, 0.6) is 0 Å². The Balaban J connectivity index is 1.75. The van der Waals surface area contributed by atoms with E-state index in [1.807, 2.05) is 11.2 Å². The van der Waals surface area contributed by atoms with Crippen LogP contribution < -0.4 is 5.76 Å². The highest BCUT2D eigenvalue weighted by molar-refractivity contribution is 7.98. The van der Waals surface area contributed by atoms with Gasteiger partial charge in [0.1, 0.15) is 0 Å². The maximum atomic E-state index is 12.2. The standard InChI is InChI=1S/C16H19ClN2O3S/c1-23-9-6-15(20)18-7-4-12(5-8-18)19-13-10-11(17)2-3-14(13)22-16(19)21/h2-3,10,12H,4-9H2,1H3. The Bertz CT molecular complexity index is 762. The number of halogens is 1. The fourth-order valence-electron chi connectivity index (χ4n) is 3.07. The minimum absolute atomic E-state index is 0.0480. The number of piperidine rings is 1. The second kappa shape index (κ2) is 7.01. The van der Waals surface area contributed by atoms with Crippen LogP contribution in [0.1, 0.15) is 25.3 Å². The molecule has 1 amide bonds. The Labute approximate surface area is 143 Å². The molecule has 0 saturated carbocycles. The number of fused-ring (bicyclic) bond motifs is 1. The van der Waals surface area contributed by atoms with Crippen molar-refractivity contribution in [2.75, 3.05) is 25.1 Å². The summed E-state index contributed by atoms with van der Waals surface area (Å²) < 4.78 is 6.99. The average molecular weight is 355 g/mol. The topological polar surface area (TPSA) is 55.5 Å². The largest absolute Gasteiger partial charge is 0.420 e. The lowest BCUT2D eigenvalue weighted by Crippen LogP contribution is -2.40. The number of thioether (sulfide) groups is 1. The number of hydrogen-bond donors (Lipinski definition) is 0. The van der Waals surface area contributed by atoms with Gasteiger partial charge < -0.3 is 9.32 Å². The minimum Gasteiger partial charge on any atom is -0.408 e. The molecule has 7 heteroatoms. The molecular formula is C16H19ClN2O3S. The molecule has 3 rings (SSSR count). The van der Waals surface area contributed by atoms with Crippen molar-refractivity contribution in [3.63, 3.8) is 0 Å². The van der Waals surface area contributed by atoms with E-state index in [1.54, 1.807) is 34.5 Å². The number of aromatic nitrogens is 1. The van der Waals surface area contributed by atoms with Crippen molar-refractivity contribution in [2.24, 2.45) is 0 Å². The third kappa shape index (κ3) is 3.43. The van der Waals surface area contributed by atoms with E-state index in [-0.39, 0.29) is 17.7 Å². The first-order valence-electron chi connectivity index (χ1n) is 7.67. The van der Waals surface area contributed by atoms with Crippen molar-refractivity contribution in [1.82, 2.24) is 9.47 Å². The number of amides is 1. The summed E-state index contributed by atoms with van der Waals surface area (Å²) in [7, 11) is 0. The van der Waals surface area contributed by atoms with Crippen LogP contribution in [0, 0.1) is 0 Å². The van der Waals surface area contributed by atoms with Crippen LogP contribution in [-0.2, 0) is 4.79 Å². The van der Waals surface area contributed by atoms with Crippen molar-refractivity contribution < 1.29 is 9.21 Å². The summed E-state index contributed by atoms with van der Waals surface area (Å²) in [6, 6.07) is 5.24. The lowest BCUT2D eigenvalue weighted by molar-refractivity contribution is -0.132. The fraction of sp³-hybridized carbons (Fsp3) is 0.500. The lowest BCUT2D eigenvalue weighted by atomic mass is 10.0. The molecule has 1 fully saturated rings. The van der Waals surface area contributed by atoms with Gasteiger partial charge in [-0.15, -0.1) is 0 Å². The van der Waals surface area contributed by atoms with Gasteiger partial charge in [-0.1, -0.05) is 11.6 Å². The Morgan fingerprint density at radius 2 is 2.13 bits per heavy atom.